The van der Waals surface area contributed by atoms with Gasteiger partial charge in [-0.3, -0.25) is 0 Å². The van der Waals surface area contributed by atoms with Crippen molar-refractivity contribution in [3.05, 3.63) is 155 Å². The molecule has 1 aliphatic heterocycles. The lowest BCUT2D eigenvalue weighted by Gasteiger charge is -2.32. The second kappa shape index (κ2) is 9.63. The molecule has 3 heteroatoms. The maximum absolute atomic E-state index is 10.4. The SMILES string of the molecule is N#Cc1cccc(-c2ccc3oc4ccccc4c3c2)c1C1=CC2=C(C3CC=CC=C3C1)C1Sc3ccccc3C1C=C2. The third-order valence-electron chi connectivity index (χ3n) is 9.54. The molecule has 4 aliphatic rings. The van der Waals surface area contributed by atoms with Gasteiger partial charge in [-0.25, -0.2) is 0 Å². The van der Waals surface area contributed by atoms with Crippen molar-refractivity contribution in [3.63, 3.8) is 0 Å². The summed E-state index contributed by atoms with van der Waals surface area (Å²) in [4.78, 5) is 1.40. The average Bonchev–Trinajstić information content (AvgIpc) is 3.57. The van der Waals surface area contributed by atoms with E-state index in [-0.39, 0.29) is 0 Å². The van der Waals surface area contributed by atoms with Gasteiger partial charge in [0.2, 0.25) is 0 Å². The van der Waals surface area contributed by atoms with Crippen LogP contribution in [0.4, 0.5) is 0 Å². The molecule has 3 aliphatic carbocycles. The van der Waals surface area contributed by atoms with Crippen LogP contribution >= 0.6 is 11.8 Å². The number of para-hydroxylation sites is 1. The lowest BCUT2D eigenvalue weighted by molar-refractivity contribution is 0.648. The van der Waals surface area contributed by atoms with E-state index in [1.54, 1.807) is 5.57 Å². The predicted molar refractivity (Wildman–Crippen MR) is 177 cm³/mol. The number of benzene rings is 4. The van der Waals surface area contributed by atoms with E-state index in [1.165, 1.54) is 27.2 Å². The number of fused-ring (bicyclic) bond motifs is 9. The van der Waals surface area contributed by atoms with Gasteiger partial charge in [-0.15, -0.1) is 11.8 Å². The number of allylic oxidation sites excluding steroid dienone is 9. The lowest BCUT2D eigenvalue weighted by atomic mass is 9.75. The molecule has 4 aromatic carbocycles. The van der Waals surface area contributed by atoms with Crippen LogP contribution in [-0.2, 0) is 0 Å². The molecular weight excluding hydrogens is 543 g/mol. The standard InChI is InChI=1S/C40H27NOS/c41-23-27-9-7-13-29(25-17-19-36-34(22-25)31-11-3-5-14-35(31)42-36)38(27)28-20-24-8-1-2-10-30(24)39-26(21-28)16-18-33-32-12-4-6-15-37(32)43-40(33)39/h1-9,11-19,21-22,30,33,40H,10,20H2. The number of hydrogen-bond acceptors (Lipinski definition) is 3. The van der Waals surface area contributed by atoms with Crippen molar-refractivity contribution in [2.75, 3.05) is 0 Å². The summed E-state index contributed by atoms with van der Waals surface area (Å²) in [5, 5.41) is 13.0. The van der Waals surface area contributed by atoms with Gasteiger partial charge in [0.25, 0.3) is 0 Å². The monoisotopic (exact) mass is 569 g/mol. The Hall–Kier alpha value is -4.78. The first-order valence-electron chi connectivity index (χ1n) is 15.0. The van der Waals surface area contributed by atoms with Gasteiger partial charge in [-0.1, -0.05) is 96.6 Å². The van der Waals surface area contributed by atoms with Crippen LogP contribution in [0.25, 0.3) is 38.6 Å². The summed E-state index contributed by atoms with van der Waals surface area (Å²) in [7, 11) is 0. The summed E-state index contributed by atoms with van der Waals surface area (Å²) in [6, 6.07) is 32.2. The van der Waals surface area contributed by atoms with E-state index in [9.17, 15) is 5.26 Å². The van der Waals surface area contributed by atoms with Crippen LogP contribution in [0.3, 0.4) is 0 Å². The number of hydrogen-bond donors (Lipinski definition) is 0. The molecule has 0 radical (unpaired) electrons. The summed E-state index contributed by atoms with van der Waals surface area (Å²) in [6.45, 7) is 0. The number of thioether (sulfide) groups is 1. The highest BCUT2D eigenvalue weighted by molar-refractivity contribution is 8.00. The van der Waals surface area contributed by atoms with Gasteiger partial charge in [0.15, 0.2) is 0 Å². The average molecular weight is 570 g/mol. The van der Waals surface area contributed by atoms with Crippen molar-refractivity contribution in [3.8, 4) is 17.2 Å². The summed E-state index contributed by atoms with van der Waals surface area (Å²) in [5.41, 5.74) is 12.7. The Morgan fingerprint density at radius 3 is 2.72 bits per heavy atom. The number of furan rings is 1. The normalized spacial score (nSPS) is 21.9. The molecule has 0 saturated heterocycles. The maximum atomic E-state index is 10.4. The van der Waals surface area contributed by atoms with E-state index in [1.807, 2.05) is 36.0 Å². The van der Waals surface area contributed by atoms with Crippen LogP contribution in [-0.4, -0.2) is 5.25 Å². The zero-order valence-corrected chi connectivity index (χ0v) is 24.3. The molecule has 204 valence electrons. The molecule has 1 aromatic heterocycles. The Kier molecular flexibility index (Phi) is 5.55. The number of rotatable bonds is 2. The quantitative estimate of drug-likeness (QED) is 0.212. The largest absolute Gasteiger partial charge is 0.456 e. The molecule has 0 amide bonds. The fourth-order valence-electron chi connectivity index (χ4n) is 7.62. The van der Waals surface area contributed by atoms with Crippen LogP contribution in [0, 0.1) is 17.2 Å². The van der Waals surface area contributed by atoms with Crippen molar-refractivity contribution in [1.82, 2.24) is 0 Å². The van der Waals surface area contributed by atoms with Crippen LogP contribution in [0.1, 0.15) is 35.4 Å². The van der Waals surface area contributed by atoms with Gasteiger partial charge in [-0.05, 0) is 76.6 Å². The Bertz CT molecular complexity index is 2200. The predicted octanol–water partition coefficient (Wildman–Crippen LogP) is 10.5. The summed E-state index contributed by atoms with van der Waals surface area (Å²) >= 11 is 2.03. The van der Waals surface area contributed by atoms with Crippen molar-refractivity contribution >= 4 is 39.3 Å². The van der Waals surface area contributed by atoms with Gasteiger partial charge < -0.3 is 4.42 Å². The summed E-state index contributed by atoms with van der Waals surface area (Å²) in [6.07, 6.45) is 15.9. The first-order chi connectivity index (χ1) is 21.3. The minimum atomic E-state index is 0.374. The Balaban J connectivity index is 1.24. The Morgan fingerprint density at radius 1 is 0.884 bits per heavy atom. The second-order valence-corrected chi connectivity index (χ2v) is 13.0. The maximum Gasteiger partial charge on any atom is 0.135 e. The molecule has 0 spiro atoms. The van der Waals surface area contributed by atoms with E-state index in [0.29, 0.717) is 22.6 Å². The fraction of sp³-hybridized carbons (Fsp3) is 0.125. The molecule has 5 aromatic rings. The number of nitrogens with zero attached hydrogens (tertiary/aromatic N) is 1. The van der Waals surface area contributed by atoms with Crippen LogP contribution in [0.2, 0.25) is 0 Å². The zero-order valence-electron chi connectivity index (χ0n) is 23.5. The molecule has 0 saturated carbocycles. The van der Waals surface area contributed by atoms with Crippen molar-refractivity contribution in [1.29, 1.82) is 5.26 Å². The van der Waals surface area contributed by atoms with Gasteiger partial charge >= 0.3 is 0 Å². The molecule has 3 atom stereocenters. The van der Waals surface area contributed by atoms with Crippen LogP contribution in [0.15, 0.2) is 147 Å². The zero-order chi connectivity index (χ0) is 28.5. The summed E-state index contributed by atoms with van der Waals surface area (Å²) in [5.74, 6) is 0.778. The van der Waals surface area contributed by atoms with E-state index < -0.39 is 0 Å². The van der Waals surface area contributed by atoms with Gasteiger partial charge in [-0.2, -0.15) is 5.26 Å². The van der Waals surface area contributed by atoms with Crippen LogP contribution in [0.5, 0.6) is 0 Å². The number of nitriles is 1. The third-order valence-corrected chi connectivity index (χ3v) is 11.0. The molecule has 0 bridgehead atoms. The van der Waals surface area contributed by atoms with Crippen molar-refractivity contribution in [2.45, 2.75) is 28.9 Å². The fourth-order valence-corrected chi connectivity index (χ4v) is 9.21. The van der Waals surface area contributed by atoms with Gasteiger partial charge in [0.1, 0.15) is 11.2 Å². The minimum absolute atomic E-state index is 0.374. The van der Waals surface area contributed by atoms with Gasteiger partial charge in [0, 0.05) is 38.3 Å². The Morgan fingerprint density at radius 2 is 1.77 bits per heavy atom. The molecule has 43 heavy (non-hydrogen) atoms. The Labute approximate surface area is 255 Å². The third kappa shape index (κ3) is 3.80. The molecule has 0 N–H and O–H groups in total. The van der Waals surface area contributed by atoms with Crippen molar-refractivity contribution in [2.24, 2.45) is 5.92 Å². The summed E-state index contributed by atoms with van der Waals surface area (Å²) < 4.78 is 6.13. The minimum Gasteiger partial charge on any atom is -0.456 e. The highest BCUT2D eigenvalue weighted by atomic mass is 32.2. The second-order valence-electron chi connectivity index (χ2n) is 11.8. The van der Waals surface area contributed by atoms with E-state index in [2.05, 4.69) is 103 Å². The van der Waals surface area contributed by atoms with Crippen LogP contribution < -0.4 is 0 Å². The highest BCUT2D eigenvalue weighted by Gasteiger charge is 2.41. The van der Waals surface area contributed by atoms with E-state index in [0.717, 1.165) is 51.5 Å². The molecule has 9 rings (SSSR count). The molecule has 3 unspecified atom stereocenters. The van der Waals surface area contributed by atoms with E-state index >= 15 is 0 Å². The lowest BCUT2D eigenvalue weighted by Crippen LogP contribution is -2.23. The topological polar surface area (TPSA) is 36.9 Å². The molecule has 0 fully saturated rings. The molecular formula is C40H27NOS. The highest BCUT2D eigenvalue weighted by Crippen LogP contribution is 2.56. The van der Waals surface area contributed by atoms with E-state index in [4.69, 9.17) is 4.42 Å². The van der Waals surface area contributed by atoms with Gasteiger partial charge in [0.05, 0.1) is 11.6 Å². The molecule has 2 heterocycles. The molecule has 2 nitrogen and oxygen atoms in total. The smallest absolute Gasteiger partial charge is 0.135 e. The first kappa shape index (κ1) is 24.8. The van der Waals surface area contributed by atoms with Crippen molar-refractivity contribution < 1.29 is 4.42 Å². The first-order valence-corrected chi connectivity index (χ1v) is 15.8.